The van der Waals surface area contributed by atoms with Gasteiger partial charge in [-0.3, -0.25) is 4.90 Å². The van der Waals surface area contributed by atoms with Crippen LogP contribution < -0.4 is 0 Å². The number of phenolic OH excluding ortho intramolecular Hbond substituents is 2. The highest BCUT2D eigenvalue weighted by Gasteiger charge is 2.32. The second-order valence-corrected chi connectivity index (χ2v) is 20.9. The molecule has 2 aromatic rings. The van der Waals surface area contributed by atoms with Crippen LogP contribution in [0.4, 0.5) is 0 Å². The number of benzene rings is 2. The number of hydrogen-bond donors (Lipinski definition) is 2. The fourth-order valence-corrected chi connectivity index (χ4v) is 7.05. The zero-order chi connectivity index (χ0) is 43.8. The molecule has 9 nitrogen and oxygen atoms in total. The molecule has 3 atom stereocenters. The molecule has 0 amide bonds. The Labute approximate surface area is 342 Å². The smallest absolute Gasteiger partial charge is 0.338 e. The number of allylic oxidation sites excluding steroid dienone is 2. The van der Waals surface area contributed by atoms with E-state index in [0.717, 1.165) is 5.57 Å². The highest BCUT2D eigenvalue weighted by Crippen LogP contribution is 2.42. The minimum Gasteiger partial charge on any atom is -0.507 e. The van der Waals surface area contributed by atoms with E-state index >= 15 is 0 Å². The Morgan fingerprint density at radius 2 is 0.860 bits per heavy atom. The molecule has 9 heteroatoms. The van der Waals surface area contributed by atoms with Gasteiger partial charge in [0.2, 0.25) is 0 Å². The molecule has 3 rings (SSSR count). The normalized spacial score (nSPS) is 16.4. The number of esters is 3. The van der Waals surface area contributed by atoms with Crippen LogP contribution in [0.25, 0.3) is 0 Å². The third kappa shape index (κ3) is 12.2. The highest BCUT2D eigenvalue weighted by molar-refractivity contribution is 5.93. The standard InChI is InChI=1S/C48H71NO8/c1-28-19-34(24-48(28,17)18)43(54)57-31(4)27-49(25-29(2)55-41(52)32-20-35(44(5,6)7)39(50)36(21-32)45(8,9)10)26-30(3)56-42(53)33-22-37(46(11,12)13)40(51)38(23-33)47(14,15)16/h19-24,29-31,50-51H,25-27H2,1-18H3. The largest absolute Gasteiger partial charge is 0.507 e. The maximum atomic E-state index is 13.8. The van der Waals surface area contributed by atoms with Gasteiger partial charge in [-0.1, -0.05) is 109 Å². The summed E-state index contributed by atoms with van der Waals surface area (Å²) in [6, 6.07) is 6.81. The number of ether oxygens (including phenoxy) is 3. The summed E-state index contributed by atoms with van der Waals surface area (Å²) in [5.41, 5.74) is 2.98. The van der Waals surface area contributed by atoms with Gasteiger partial charge in [0.1, 0.15) is 29.8 Å². The Kier molecular flexibility index (Phi) is 14.1. The lowest BCUT2D eigenvalue weighted by Gasteiger charge is -2.31. The summed E-state index contributed by atoms with van der Waals surface area (Å²) in [6.07, 6.45) is 1.99. The van der Waals surface area contributed by atoms with Gasteiger partial charge in [0.15, 0.2) is 0 Å². The summed E-state index contributed by atoms with van der Waals surface area (Å²) >= 11 is 0. The second-order valence-electron chi connectivity index (χ2n) is 20.9. The first-order valence-corrected chi connectivity index (χ1v) is 20.2. The van der Waals surface area contributed by atoms with Crippen LogP contribution in [-0.2, 0) is 40.7 Å². The molecule has 0 heterocycles. The van der Waals surface area contributed by atoms with Gasteiger partial charge in [0.05, 0.1) is 16.7 Å². The van der Waals surface area contributed by atoms with Gasteiger partial charge in [-0.25, -0.2) is 14.4 Å². The van der Waals surface area contributed by atoms with E-state index in [1.807, 2.05) is 128 Å². The Hall–Kier alpha value is -4.11. The number of aromatic hydroxyl groups is 2. The van der Waals surface area contributed by atoms with Gasteiger partial charge in [0, 0.05) is 47.3 Å². The van der Waals surface area contributed by atoms with Crippen molar-refractivity contribution in [3.05, 3.63) is 80.9 Å². The van der Waals surface area contributed by atoms with Gasteiger partial charge in [0.25, 0.3) is 0 Å². The summed E-state index contributed by atoms with van der Waals surface area (Å²) in [5, 5.41) is 22.4. The predicted molar refractivity (Wildman–Crippen MR) is 228 cm³/mol. The van der Waals surface area contributed by atoms with E-state index < -0.39 is 57.9 Å². The quantitative estimate of drug-likeness (QED) is 0.160. The molecule has 3 unspecified atom stereocenters. The summed E-state index contributed by atoms with van der Waals surface area (Å²) < 4.78 is 18.0. The Balaban J connectivity index is 1.90. The van der Waals surface area contributed by atoms with Crippen molar-refractivity contribution in [2.45, 2.75) is 165 Å². The van der Waals surface area contributed by atoms with Crippen molar-refractivity contribution < 1.29 is 38.8 Å². The maximum Gasteiger partial charge on any atom is 0.338 e. The lowest BCUT2D eigenvalue weighted by atomic mass is 9.78. The van der Waals surface area contributed by atoms with E-state index in [1.54, 1.807) is 38.1 Å². The molecule has 0 aromatic heterocycles. The number of carbonyl (C=O) groups is 3. The first-order valence-electron chi connectivity index (χ1n) is 20.2. The summed E-state index contributed by atoms with van der Waals surface area (Å²) in [4.78, 5) is 42.7. The van der Waals surface area contributed by atoms with E-state index in [-0.39, 0.29) is 36.5 Å². The zero-order valence-electron chi connectivity index (χ0n) is 38.1. The molecule has 0 fully saturated rings. The second kappa shape index (κ2) is 17.0. The van der Waals surface area contributed by atoms with E-state index in [9.17, 15) is 24.6 Å². The molecule has 2 aromatic carbocycles. The SMILES string of the molecule is CC1=CC(C(=O)OC(C)CN(CC(C)OC(=O)c2cc(C(C)(C)C)c(O)c(C(C)(C)C)c2)CC(C)OC(=O)c2cc(C(C)(C)C)c(O)c(C(C)(C)C)c2)=CC1(C)C. The maximum absolute atomic E-state index is 13.8. The van der Waals surface area contributed by atoms with Crippen LogP contribution in [0, 0.1) is 5.41 Å². The van der Waals surface area contributed by atoms with Crippen molar-refractivity contribution in [2.24, 2.45) is 5.41 Å². The monoisotopic (exact) mass is 790 g/mol. The van der Waals surface area contributed by atoms with Gasteiger partial charge >= 0.3 is 17.9 Å². The topological polar surface area (TPSA) is 123 Å². The number of carbonyl (C=O) groups excluding carboxylic acids is 3. The van der Waals surface area contributed by atoms with E-state index in [0.29, 0.717) is 39.0 Å². The first kappa shape index (κ1) is 47.3. The molecule has 2 N–H and O–H groups in total. The van der Waals surface area contributed by atoms with Crippen molar-refractivity contribution in [2.75, 3.05) is 19.6 Å². The van der Waals surface area contributed by atoms with Crippen LogP contribution in [0.3, 0.4) is 0 Å². The van der Waals surface area contributed by atoms with Crippen molar-refractivity contribution in [3.63, 3.8) is 0 Å². The molecule has 1 aliphatic rings. The number of rotatable bonds is 12. The Bertz CT molecular complexity index is 1710. The van der Waals surface area contributed by atoms with Gasteiger partial charge in [-0.05, 0) is 79.7 Å². The van der Waals surface area contributed by atoms with E-state index in [2.05, 4.69) is 0 Å². The van der Waals surface area contributed by atoms with Crippen LogP contribution in [0.15, 0.2) is 47.6 Å². The highest BCUT2D eigenvalue weighted by atomic mass is 16.6. The van der Waals surface area contributed by atoms with Crippen molar-refractivity contribution in [3.8, 4) is 11.5 Å². The lowest BCUT2D eigenvalue weighted by molar-refractivity contribution is -0.144. The van der Waals surface area contributed by atoms with Crippen LogP contribution in [0.1, 0.15) is 168 Å². The first-order chi connectivity index (χ1) is 25.7. The van der Waals surface area contributed by atoms with Crippen LogP contribution >= 0.6 is 0 Å². The molecule has 316 valence electrons. The molecule has 1 aliphatic carbocycles. The van der Waals surface area contributed by atoms with Gasteiger partial charge in [-0.2, -0.15) is 0 Å². The predicted octanol–water partition coefficient (Wildman–Crippen LogP) is 10.2. The van der Waals surface area contributed by atoms with Crippen molar-refractivity contribution in [1.29, 1.82) is 0 Å². The van der Waals surface area contributed by atoms with Crippen LogP contribution in [0.5, 0.6) is 11.5 Å². The van der Waals surface area contributed by atoms with E-state index in [1.165, 1.54) is 0 Å². The molecular weight excluding hydrogens is 719 g/mol. The lowest BCUT2D eigenvalue weighted by Crippen LogP contribution is -2.43. The zero-order valence-corrected chi connectivity index (χ0v) is 38.1. The number of phenols is 2. The van der Waals surface area contributed by atoms with Crippen LogP contribution in [0.2, 0.25) is 0 Å². The third-order valence-electron chi connectivity index (χ3n) is 10.5. The number of nitrogens with zero attached hydrogens (tertiary/aromatic N) is 1. The Morgan fingerprint density at radius 1 is 0.579 bits per heavy atom. The average Bonchev–Trinajstić information content (AvgIpc) is 3.30. The molecule has 0 saturated carbocycles. The summed E-state index contributed by atoms with van der Waals surface area (Å²) in [5.74, 6) is -1.10. The molecule has 0 aliphatic heterocycles. The average molecular weight is 790 g/mol. The number of hydrogen-bond acceptors (Lipinski definition) is 9. The van der Waals surface area contributed by atoms with Gasteiger partial charge in [-0.15, -0.1) is 0 Å². The summed E-state index contributed by atoms with van der Waals surface area (Å²) in [6.45, 7) is 36.1. The fourth-order valence-electron chi connectivity index (χ4n) is 7.05. The molecule has 0 saturated heterocycles. The molecule has 57 heavy (non-hydrogen) atoms. The Morgan fingerprint density at radius 3 is 1.11 bits per heavy atom. The molecule has 0 radical (unpaired) electrons. The van der Waals surface area contributed by atoms with Crippen molar-refractivity contribution in [1.82, 2.24) is 4.90 Å². The molecule has 0 spiro atoms. The minimum absolute atomic E-state index is 0.178. The van der Waals surface area contributed by atoms with Crippen molar-refractivity contribution >= 4 is 17.9 Å². The van der Waals surface area contributed by atoms with E-state index in [4.69, 9.17) is 14.2 Å². The minimum atomic E-state index is -0.613. The van der Waals surface area contributed by atoms with Crippen LogP contribution in [-0.4, -0.2) is 71.0 Å². The molecule has 0 bridgehead atoms. The third-order valence-corrected chi connectivity index (χ3v) is 10.5. The summed E-state index contributed by atoms with van der Waals surface area (Å²) in [7, 11) is 0. The fraction of sp³-hybridized carbons (Fsp3) is 0.604. The van der Waals surface area contributed by atoms with Gasteiger partial charge < -0.3 is 24.4 Å². The molecular formula is C48H71NO8.